The molecule has 0 amide bonds. The molecule has 1 N–H and O–H groups in total. The molecule has 0 saturated carbocycles. The lowest BCUT2D eigenvalue weighted by molar-refractivity contribution is 0.390. The molecular formula is C13H18N4O. The van der Waals surface area contributed by atoms with Gasteiger partial charge in [0.25, 0.3) is 0 Å². The highest BCUT2D eigenvalue weighted by Gasteiger charge is 2.03. The molecule has 5 heteroatoms. The van der Waals surface area contributed by atoms with E-state index >= 15 is 0 Å². The maximum atomic E-state index is 5.20. The van der Waals surface area contributed by atoms with Crippen LogP contribution in [0.2, 0.25) is 0 Å². The van der Waals surface area contributed by atoms with Gasteiger partial charge in [0.05, 0.1) is 13.3 Å². The number of hydrogen-bond donors (Lipinski definition) is 1. The largest absolute Gasteiger partial charge is 0.481 e. The molecule has 0 aromatic carbocycles. The number of ether oxygens (including phenoxy) is 1. The highest BCUT2D eigenvalue weighted by Crippen LogP contribution is 2.13. The van der Waals surface area contributed by atoms with E-state index in [2.05, 4.69) is 22.3 Å². The summed E-state index contributed by atoms with van der Waals surface area (Å²) >= 11 is 0. The number of nitrogens with zero attached hydrogens (tertiary/aromatic N) is 3. The molecule has 2 heterocycles. The van der Waals surface area contributed by atoms with E-state index in [9.17, 15) is 0 Å². The fourth-order valence-corrected chi connectivity index (χ4v) is 1.75. The van der Waals surface area contributed by atoms with E-state index in [-0.39, 0.29) is 0 Å². The Balaban J connectivity index is 1.88. The van der Waals surface area contributed by atoms with E-state index in [0.717, 1.165) is 25.2 Å². The third-order valence-electron chi connectivity index (χ3n) is 2.70. The van der Waals surface area contributed by atoms with Crippen molar-refractivity contribution in [1.29, 1.82) is 0 Å². The molecule has 0 aliphatic heterocycles. The van der Waals surface area contributed by atoms with Gasteiger partial charge in [0.15, 0.2) is 0 Å². The van der Waals surface area contributed by atoms with E-state index in [4.69, 9.17) is 4.74 Å². The van der Waals surface area contributed by atoms with Crippen molar-refractivity contribution < 1.29 is 4.74 Å². The second-order valence-electron chi connectivity index (χ2n) is 3.98. The van der Waals surface area contributed by atoms with Crippen LogP contribution in [0.25, 0.3) is 0 Å². The van der Waals surface area contributed by atoms with Gasteiger partial charge in [0, 0.05) is 43.2 Å². The van der Waals surface area contributed by atoms with Crippen LogP contribution in [0.15, 0.2) is 30.7 Å². The number of aryl methyl sites for hydroxylation is 1. The van der Waals surface area contributed by atoms with E-state index in [1.165, 1.54) is 5.56 Å². The first kappa shape index (κ1) is 12.6. The molecule has 0 aliphatic rings. The zero-order chi connectivity index (χ0) is 12.8. The Bertz CT molecular complexity index is 495. The van der Waals surface area contributed by atoms with Crippen LogP contribution in [0.4, 0.5) is 0 Å². The Morgan fingerprint density at radius 3 is 3.00 bits per heavy atom. The fraction of sp³-hybridized carbons (Fsp3) is 0.385. The molecule has 2 aromatic heterocycles. The predicted octanol–water partition coefficient (Wildman–Crippen LogP) is 1.60. The average molecular weight is 246 g/mol. The Kier molecular flexibility index (Phi) is 4.30. The minimum Gasteiger partial charge on any atom is -0.481 e. The summed E-state index contributed by atoms with van der Waals surface area (Å²) in [7, 11) is 1.64. The summed E-state index contributed by atoms with van der Waals surface area (Å²) in [4.78, 5) is 4.16. The predicted molar refractivity (Wildman–Crippen MR) is 69.2 cm³/mol. The van der Waals surface area contributed by atoms with E-state index in [1.807, 2.05) is 29.2 Å². The minimum atomic E-state index is 0.675. The van der Waals surface area contributed by atoms with E-state index in [0.29, 0.717) is 5.88 Å². The van der Waals surface area contributed by atoms with Gasteiger partial charge in [-0.3, -0.25) is 4.68 Å². The van der Waals surface area contributed by atoms with Gasteiger partial charge in [0.1, 0.15) is 0 Å². The Morgan fingerprint density at radius 1 is 1.39 bits per heavy atom. The first-order valence-electron chi connectivity index (χ1n) is 6.03. The minimum absolute atomic E-state index is 0.675. The molecular weight excluding hydrogens is 228 g/mol. The molecule has 96 valence electrons. The van der Waals surface area contributed by atoms with Crippen LogP contribution in [0.5, 0.6) is 5.88 Å². The van der Waals surface area contributed by atoms with Crippen LogP contribution < -0.4 is 10.1 Å². The summed E-state index contributed by atoms with van der Waals surface area (Å²) in [6.45, 7) is 4.49. The standard InChI is InChI=1S/C13H18N4O/c1-3-17-10-11(8-16-17)7-14-9-12-5-4-6-15-13(12)18-2/h4-6,8,10,14H,3,7,9H2,1-2H3. The van der Waals surface area contributed by atoms with Crippen molar-refractivity contribution in [2.45, 2.75) is 26.6 Å². The summed E-state index contributed by atoms with van der Waals surface area (Å²) < 4.78 is 7.12. The van der Waals surface area contributed by atoms with Crippen LogP contribution in [0, 0.1) is 0 Å². The molecule has 2 aromatic rings. The normalized spacial score (nSPS) is 10.6. The Hall–Kier alpha value is -1.88. The molecule has 5 nitrogen and oxygen atoms in total. The van der Waals surface area contributed by atoms with Crippen LogP contribution in [-0.2, 0) is 19.6 Å². The second-order valence-corrected chi connectivity index (χ2v) is 3.98. The van der Waals surface area contributed by atoms with Gasteiger partial charge in [0.2, 0.25) is 5.88 Å². The second kappa shape index (κ2) is 6.16. The third kappa shape index (κ3) is 3.07. The number of hydrogen-bond acceptors (Lipinski definition) is 4. The molecule has 0 saturated heterocycles. The highest BCUT2D eigenvalue weighted by atomic mass is 16.5. The van der Waals surface area contributed by atoms with Crippen molar-refractivity contribution in [2.24, 2.45) is 0 Å². The summed E-state index contributed by atoms with van der Waals surface area (Å²) in [6, 6.07) is 3.92. The Morgan fingerprint density at radius 2 is 2.28 bits per heavy atom. The maximum absolute atomic E-state index is 5.20. The van der Waals surface area contributed by atoms with Gasteiger partial charge >= 0.3 is 0 Å². The van der Waals surface area contributed by atoms with Crippen LogP contribution in [-0.4, -0.2) is 21.9 Å². The quantitative estimate of drug-likeness (QED) is 0.841. The lowest BCUT2D eigenvalue weighted by atomic mass is 10.2. The molecule has 0 radical (unpaired) electrons. The molecule has 0 unspecified atom stereocenters. The van der Waals surface area contributed by atoms with Gasteiger partial charge in [-0.2, -0.15) is 5.10 Å². The molecule has 18 heavy (non-hydrogen) atoms. The van der Waals surface area contributed by atoms with Crippen molar-refractivity contribution in [1.82, 2.24) is 20.1 Å². The van der Waals surface area contributed by atoms with Crippen molar-refractivity contribution >= 4 is 0 Å². The summed E-state index contributed by atoms with van der Waals surface area (Å²) in [5.74, 6) is 0.675. The average Bonchev–Trinajstić information content (AvgIpc) is 2.87. The zero-order valence-corrected chi connectivity index (χ0v) is 10.8. The summed E-state index contributed by atoms with van der Waals surface area (Å²) in [6.07, 6.45) is 5.66. The summed E-state index contributed by atoms with van der Waals surface area (Å²) in [5, 5.41) is 7.59. The molecule has 0 spiro atoms. The number of aromatic nitrogens is 3. The van der Waals surface area contributed by atoms with Crippen LogP contribution in [0.3, 0.4) is 0 Å². The molecule has 0 fully saturated rings. The zero-order valence-electron chi connectivity index (χ0n) is 10.8. The molecule has 0 aliphatic carbocycles. The SMILES string of the molecule is CCn1cc(CNCc2cccnc2OC)cn1. The van der Waals surface area contributed by atoms with E-state index in [1.54, 1.807) is 13.3 Å². The smallest absolute Gasteiger partial charge is 0.217 e. The molecule has 0 bridgehead atoms. The van der Waals surface area contributed by atoms with Gasteiger partial charge in [-0.25, -0.2) is 4.98 Å². The highest BCUT2D eigenvalue weighted by molar-refractivity contribution is 5.25. The van der Waals surface area contributed by atoms with Crippen LogP contribution >= 0.6 is 0 Å². The van der Waals surface area contributed by atoms with Crippen LogP contribution in [0.1, 0.15) is 18.1 Å². The monoisotopic (exact) mass is 246 g/mol. The first-order chi connectivity index (χ1) is 8.83. The number of methoxy groups -OCH3 is 1. The van der Waals surface area contributed by atoms with Crippen molar-refractivity contribution in [3.63, 3.8) is 0 Å². The fourth-order valence-electron chi connectivity index (χ4n) is 1.75. The number of rotatable bonds is 6. The molecule has 0 atom stereocenters. The van der Waals surface area contributed by atoms with Crippen molar-refractivity contribution in [2.75, 3.05) is 7.11 Å². The third-order valence-corrected chi connectivity index (χ3v) is 2.70. The maximum Gasteiger partial charge on any atom is 0.217 e. The van der Waals surface area contributed by atoms with Crippen molar-refractivity contribution in [3.8, 4) is 5.88 Å². The topological polar surface area (TPSA) is 52.0 Å². The lowest BCUT2D eigenvalue weighted by Crippen LogP contribution is -2.13. The van der Waals surface area contributed by atoms with Gasteiger partial charge in [-0.05, 0) is 13.0 Å². The number of pyridine rings is 1. The van der Waals surface area contributed by atoms with Gasteiger partial charge in [-0.1, -0.05) is 6.07 Å². The van der Waals surface area contributed by atoms with E-state index < -0.39 is 0 Å². The number of nitrogens with one attached hydrogen (secondary N) is 1. The Labute approximate surface area is 107 Å². The molecule has 2 rings (SSSR count). The van der Waals surface area contributed by atoms with Gasteiger partial charge in [-0.15, -0.1) is 0 Å². The van der Waals surface area contributed by atoms with Gasteiger partial charge < -0.3 is 10.1 Å². The summed E-state index contributed by atoms with van der Waals surface area (Å²) in [5.41, 5.74) is 2.24. The van der Waals surface area contributed by atoms with Crippen molar-refractivity contribution in [3.05, 3.63) is 41.9 Å². The first-order valence-corrected chi connectivity index (χ1v) is 6.03. The lowest BCUT2D eigenvalue weighted by Gasteiger charge is -2.07.